The Kier molecular flexibility index (Phi) is 6.01. The Morgan fingerprint density at radius 1 is 1.40 bits per heavy atom. The third kappa shape index (κ3) is 4.95. The summed E-state index contributed by atoms with van der Waals surface area (Å²) < 4.78 is 25.1. The number of nitrogens with zero attached hydrogens (tertiary/aromatic N) is 1. The van der Waals surface area contributed by atoms with E-state index in [9.17, 15) is 13.2 Å². The number of carbonyl (C=O) groups excluding carboxylic acids is 1. The first-order valence-corrected chi connectivity index (χ1v) is 12.1. The number of hydrogen-bond donors (Lipinski definition) is 1. The zero-order chi connectivity index (χ0) is 17.9. The quantitative estimate of drug-likeness (QED) is 0.564. The summed E-state index contributed by atoms with van der Waals surface area (Å²) in [5, 5.41) is 2.85. The Morgan fingerprint density at radius 2 is 2.24 bits per heavy atom. The van der Waals surface area contributed by atoms with Crippen molar-refractivity contribution in [2.24, 2.45) is 5.92 Å². The van der Waals surface area contributed by atoms with Crippen molar-refractivity contribution in [3.05, 3.63) is 18.2 Å². The summed E-state index contributed by atoms with van der Waals surface area (Å²) in [5.41, 5.74) is 1.64. The minimum atomic E-state index is -3.05. The molecule has 1 atom stereocenters. The van der Waals surface area contributed by atoms with E-state index in [1.54, 1.807) is 23.1 Å². The van der Waals surface area contributed by atoms with Crippen molar-refractivity contribution in [1.29, 1.82) is 0 Å². The maximum absolute atomic E-state index is 12.3. The molecule has 8 heteroatoms. The van der Waals surface area contributed by atoms with Gasteiger partial charge in [-0.05, 0) is 31.0 Å². The molecular formula is C17H22N2O3S3. The number of sulfone groups is 1. The van der Waals surface area contributed by atoms with E-state index in [2.05, 4.69) is 17.2 Å². The lowest BCUT2D eigenvalue weighted by atomic mass is 10.1. The number of anilines is 1. The number of aromatic nitrogens is 1. The molecule has 0 bridgehead atoms. The third-order valence-corrected chi connectivity index (χ3v) is 8.23. The van der Waals surface area contributed by atoms with Gasteiger partial charge in [0.1, 0.15) is 0 Å². The number of thioether (sulfide) groups is 1. The Hall–Kier alpha value is -1.12. The predicted molar refractivity (Wildman–Crippen MR) is 105 cm³/mol. The fourth-order valence-corrected chi connectivity index (χ4v) is 6.72. The third-order valence-electron chi connectivity index (χ3n) is 4.21. The Bertz CT molecular complexity index is 861. The van der Waals surface area contributed by atoms with Gasteiger partial charge in [0.05, 0.1) is 27.6 Å². The van der Waals surface area contributed by atoms with Crippen LogP contribution >= 0.6 is 23.1 Å². The highest BCUT2D eigenvalue weighted by molar-refractivity contribution is 8.01. The average Bonchev–Trinajstić information content (AvgIpc) is 3.13. The summed E-state index contributed by atoms with van der Waals surface area (Å²) >= 11 is 3.41. The van der Waals surface area contributed by atoms with Crippen LogP contribution in [0, 0.1) is 5.92 Å². The van der Waals surface area contributed by atoms with Crippen LogP contribution in [-0.2, 0) is 14.6 Å². The number of fused-ring (bicyclic) bond motifs is 1. The standard InChI is InChI=1S/C17H22N2O3S3/c1-2-3-4-8-23-17-19-14-6-5-13(10-15(14)24-17)18-16(20)12-7-9-25(21,22)11-12/h5-6,10,12H,2-4,7-9,11H2,1H3,(H,18,20)/t12-/m0/s1. The van der Waals surface area contributed by atoms with Crippen LogP contribution in [0.5, 0.6) is 0 Å². The average molecular weight is 399 g/mol. The van der Waals surface area contributed by atoms with Gasteiger partial charge in [-0.15, -0.1) is 11.3 Å². The molecule has 1 fully saturated rings. The van der Waals surface area contributed by atoms with Crippen molar-refractivity contribution in [1.82, 2.24) is 4.98 Å². The van der Waals surface area contributed by atoms with Gasteiger partial charge < -0.3 is 5.32 Å². The molecule has 5 nitrogen and oxygen atoms in total. The molecule has 0 unspecified atom stereocenters. The number of thiazole rings is 1. The van der Waals surface area contributed by atoms with Gasteiger partial charge in [0.2, 0.25) is 5.91 Å². The van der Waals surface area contributed by atoms with Crippen LogP contribution in [0.4, 0.5) is 5.69 Å². The summed E-state index contributed by atoms with van der Waals surface area (Å²) in [4.78, 5) is 16.9. The number of unbranched alkanes of at least 4 members (excludes halogenated alkanes) is 2. The van der Waals surface area contributed by atoms with E-state index in [1.165, 1.54) is 19.3 Å². The number of benzene rings is 1. The minimum absolute atomic E-state index is 0.0415. The summed E-state index contributed by atoms with van der Waals surface area (Å²) in [6.45, 7) is 2.19. The van der Waals surface area contributed by atoms with Crippen LogP contribution in [0.2, 0.25) is 0 Å². The summed E-state index contributed by atoms with van der Waals surface area (Å²) in [5.74, 6) is 0.497. The number of nitrogens with one attached hydrogen (secondary N) is 1. The lowest BCUT2D eigenvalue weighted by Gasteiger charge is -2.09. The van der Waals surface area contributed by atoms with Crippen molar-refractivity contribution >= 4 is 54.7 Å². The molecule has 0 saturated carbocycles. The van der Waals surface area contributed by atoms with Crippen LogP contribution in [-0.4, -0.2) is 36.6 Å². The zero-order valence-corrected chi connectivity index (χ0v) is 16.6. The van der Waals surface area contributed by atoms with Crippen LogP contribution < -0.4 is 5.32 Å². The van der Waals surface area contributed by atoms with E-state index >= 15 is 0 Å². The molecule has 1 aromatic carbocycles. The van der Waals surface area contributed by atoms with E-state index in [4.69, 9.17) is 0 Å². The molecule has 3 rings (SSSR count). The molecule has 1 amide bonds. The number of amides is 1. The van der Waals surface area contributed by atoms with Gasteiger partial charge in [-0.3, -0.25) is 4.79 Å². The lowest BCUT2D eigenvalue weighted by molar-refractivity contribution is -0.119. The molecule has 1 saturated heterocycles. The maximum Gasteiger partial charge on any atom is 0.228 e. The van der Waals surface area contributed by atoms with Crippen molar-refractivity contribution < 1.29 is 13.2 Å². The summed E-state index contributed by atoms with van der Waals surface area (Å²) in [6, 6.07) is 5.66. The Labute approximate surface area is 156 Å². The van der Waals surface area contributed by atoms with Gasteiger partial charge in [-0.2, -0.15) is 0 Å². The van der Waals surface area contributed by atoms with Gasteiger partial charge >= 0.3 is 0 Å². The summed E-state index contributed by atoms with van der Waals surface area (Å²) in [6.07, 6.45) is 4.06. The van der Waals surface area contributed by atoms with Crippen molar-refractivity contribution in [2.45, 2.75) is 36.9 Å². The molecule has 1 aliphatic rings. The molecule has 2 aromatic rings. The molecule has 0 radical (unpaired) electrons. The molecule has 2 heterocycles. The monoisotopic (exact) mass is 398 g/mol. The second kappa shape index (κ2) is 8.05. The fourth-order valence-electron chi connectivity index (χ4n) is 2.80. The molecule has 0 aliphatic carbocycles. The van der Waals surface area contributed by atoms with Crippen molar-refractivity contribution in [2.75, 3.05) is 22.6 Å². The van der Waals surface area contributed by atoms with E-state index in [0.29, 0.717) is 12.1 Å². The van der Waals surface area contributed by atoms with Gasteiger partial charge in [-0.25, -0.2) is 13.4 Å². The second-order valence-electron chi connectivity index (χ2n) is 6.31. The van der Waals surface area contributed by atoms with Crippen LogP contribution in [0.25, 0.3) is 10.2 Å². The Morgan fingerprint density at radius 3 is 2.96 bits per heavy atom. The largest absolute Gasteiger partial charge is 0.326 e. The smallest absolute Gasteiger partial charge is 0.228 e. The first kappa shape index (κ1) is 18.7. The topological polar surface area (TPSA) is 76.1 Å². The van der Waals surface area contributed by atoms with Crippen molar-refractivity contribution in [3.8, 4) is 0 Å². The molecule has 1 N–H and O–H groups in total. The predicted octanol–water partition coefficient (Wildman–Crippen LogP) is 3.95. The fraction of sp³-hybridized carbons (Fsp3) is 0.529. The van der Waals surface area contributed by atoms with Gasteiger partial charge in [0.25, 0.3) is 0 Å². The van der Waals surface area contributed by atoms with Crippen LogP contribution in [0.1, 0.15) is 32.6 Å². The number of carbonyl (C=O) groups is 1. The molecule has 136 valence electrons. The molecule has 1 aromatic heterocycles. The van der Waals surface area contributed by atoms with Gasteiger partial charge in [0, 0.05) is 11.4 Å². The zero-order valence-electron chi connectivity index (χ0n) is 14.2. The van der Waals surface area contributed by atoms with E-state index in [-0.39, 0.29) is 17.4 Å². The second-order valence-corrected chi connectivity index (χ2v) is 10.9. The SMILES string of the molecule is CCCCCSc1nc2ccc(NC(=O)[C@H]3CCS(=O)(=O)C3)cc2s1. The molecule has 0 spiro atoms. The lowest BCUT2D eigenvalue weighted by Crippen LogP contribution is -2.23. The number of hydrogen-bond acceptors (Lipinski definition) is 6. The minimum Gasteiger partial charge on any atom is -0.326 e. The normalized spacial score (nSPS) is 19.3. The van der Waals surface area contributed by atoms with Crippen LogP contribution in [0.3, 0.4) is 0 Å². The number of rotatable bonds is 7. The first-order chi connectivity index (χ1) is 12.0. The first-order valence-electron chi connectivity index (χ1n) is 8.51. The maximum atomic E-state index is 12.3. The highest BCUT2D eigenvalue weighted by Gasteiger charge is 2.32. The highest BCUT2D eigenvalue weighted by Crippen LogP contribution is 2.32. The van der Waals surface area contributed by atoms with Crippen molar-refractivity contribution in [3.63, 3.8) is 0 Å². The van der Waals surface area contributed by atoms with E-state index in [0.717, 1.165) is 20.3 Å². The molecule has 1 aliphatic heterocycles. The molecule has 25 heavy (non-hydrogen) atoms. The van der Waals surface area contributed by atoms with E-state index < -0.39 is 15.8 Å². The Balaban J connectivity index is 1.63. The van der Waals surface area contributed by atoms with Gasteiger partial charge in [-0.1, -0.05) is 31.5 Å². The summed E-state index contributed by atoms with van der Waals surface area (Å²) in [7, 11) is -3.05. The highest BCUT2D eigenvalue weighted by atomic mass is 32.2. The van der Waals surface area contributed by atoms with Gasteiger partial charge in [0.15, 0.2) is 14.2 Å². The van der Waals surface area contributed by atoms with E-state index in [1.807, 2.05) is 18.2 Å². The van der Waals surface area contributed by atoms with Crippen LogP contribution in [0.15, 0.2) is 22.5 Å². The molecular weight excluding hydrogens is 376 g/mol.